The van der Waals surface area contributed by atoms with Crippen LogP contribution < -0.4 is 5.32 Å². The molecule has 0 spiro atoms. The molecule has 2 aromatic heterocycles. The number of nitrogens with zero attached hydrogens (tertiary/aromatic N) is 1. The van der Waals surface area contributed by atoms with Crippen LogP contribution in [0.2, 0.25) is 0 Å². The molecule has 1 atom stereocenters. The number of aromatic nitrogens is 1. The first-order valence-corrected chi connectivity index (χ1v) is 9.93. The van der Waals surface area contributed by atoms with Crippen LogP contribution in [0.3, 0.4) is 0 Å². The zero-order valence-corrected chi connectivity index (χ0v) is 15.8. The standard InChI is InChI=1S/C21H20N2O3S/c1-13(20(24)22-12-14-6-5-11-27-14)26-21(25)19-15-7-2-3-9-17(15)23-18-10-4-8-16(18)19/h2-3,5-7,9,11,13H,4,8,10,12H2,1H3,(H,22,24). The van der Waals surface area contributed by atoms with Gasteiger partial charge in [0.2, 0.25) is 0 Å². The molecule has 2 heterocycles. The van der Waals surface area contributed by atoms with Gasteiger partial charge >= 0.3 is 5.97 Å². The first-order valence-electron chi connectivity index (χ1n) is 9.05. The number of rotatable bonds is 5. The van der Waals surface area contributed by atoms with Crippen molar-refractivity contribution in [1.82, 2.24) is 10.3 Å². The van der Waals surface area contributed by atoms with Crippen molar-refractivity contribution in [3.63, 3.8) is 0 Å². The van der Waals surface area contributed by atoms with Crippen LogP contribution in [-0.4, -0.2) is 23.0 Å². The number of carbonyl (C=O) groups is 2. The first kappa shape index (κ1) is 17.7. The molecule has 1 N–H and O–H groups in total. The topological polar surface area (TPSA) is 68.3 Å². The zero-order chi connectivity index (χ0) is 18.8. The average Bonchev–Trinajstić information content (AvgIpc) is 3.35. The molecule has 4 rings (SSSR count). The molecule has 138 valence electrons. The molecule has 0 fully saturated rings. The van der Waals surface area contributed by atoms with Crippen LogP contribution in [0.5, 0.6) is 0 Å². The molecule has 0 saturated carbocycles. The number of esters is 1. The number of pyridine rings is 1. The van der Waals surface area contributed by atoms with Crippen molar-refractivity contribution in [3.8, 4) is 0 Å². The fourth-order valence-corrected chi connectivity index (χ4v) is 4.09. The molecule has 27 heavy (non-hydrogen) atoms. The Kier molecular flexibility index (Phi) is 4.90. The maximum atomic E-state index is 12.9. The van der Waals surface area contributed by atoms with Gasteiger partial charge in [-0.3, -0.25) is 9.78 Å². The van der Waals surface area contributed by atoms with E-state index < -0.39 is 12.1 Å². The van der Waals surface area contributed by atoms with Gasteiger partial charge in [-0.15, -0.1) is 11.3 Å². The molecule has 1 unspecified atom stereocenters. The van der Waals surface area contributed by atoms with Gasteiger partial charge < -0.3 is 10.1 Å². The van der Waals surface area contributed by atoms with Gasteiger partial charge in [-0.1, -0.05) is 24.3 Å². The maximum absolute atomic E-state index is 12.9. The number of ether oxygens (including phenoxy) is 1. The lowest BCUT2D eigenvalue weighted by Gasteiger charge is -2.16. The van der Waals surface area contributed by atoms with Gasteiger partial charge in [0.15, 0.2) is 6.10 Å². The third-order valence-corrected chi connectivity index (χ3v) is 5.67. The van der Waals surface area contributed by atoms with Crippen LogP contribution in [0.15, 0.2) is 41.8 Å². The summed E-state index contributed by atoms with van der Waals surface area (Å²) in [5.41, 5.74) is 3.28. The predicted molar refractivity (Wildman–Crippen MR) is 105 cm³/mol. The normalized spacial score (nSPS) is 14.0. The van der Waals surface area contributed by atoms with Crippen molar-refractivity contribution < 1.29 is 14.3 Å². The van der Waals surface area contributed by atoms with E-state index in [4.69, 9.17) is 4.74 Å². The molecule has 1 aliphatic rings. The minimum absolute atomic E-state index is 0.299. The van der Waals surface area contributed by atoms with Crippen LogP contribution in [0.1, 0.15) is 39.8 Å². The Bertz CT molecular complexity index is 998. The Hall–Kier alpha value is -2.73. The van der Waals surface area contributed by atoms with Gasteiger partial charge in [0, 0.05) is 16.0 Å². The van der Waals surface area contributed by atoms with Crippen molar-refractivity contribution in [2.75, 3.05) is 0 Å². The van der Waals surface area contributed by atoms with Crippen LogP contribution in [0, 0.1) is 0 Å². The van der Waals surface area contributed by atoms with E-state index in [0.29, 0.717) is 12.1 Å². The number of amides is 1. The summed E-state index contributed by atoms with van der Waals surface area (Å²) in [6, 6.07) is 11.5. The van der Waals surface area contributed by atoms with E-state index >= 15 is 0 Å². The van der Waals surface area contributed by atoms with Gasteiger partial charge in [-0.25, -0.2) is 4.79 Å². The van der Waals surface area contributed by atoms with Crippen molar-refractivity contribution in [3.05, 3.63) is 63.5 Å². The smallest absolute Gasteiger partial charge is 0.339 e. The summed E-state index contributed by atoms with van der Waals surface area (Å²) in [5.74, 6) is -0.753. The fourth-order valence-electron chi connectivity index (χ4n) is 3.45. The number of para-hydroxylation sites is 1. The summed E-state index contributed by atoms with van der Waals surface area (Å²) in [7, 11) is 0. The molecular formula is C21H20N2O3S. The summed E-state index contributed by atoms with van der Waals surface area (Å²) >= 11 is 1.57. The monoisotopic (exact) mass is 380 g/mol. The van der Waals surface area contributed by atoms with E-state index in [1.807, 2.05) is 41.8 Å². The van der Waals surface area contributed by atoms with E-state index in [-0.39, 0.29) is 5.91 Å². The zero-order valence-electron chi connectivity index (χ0n) is 15.0. The minimum Gasteiger partial charge on any atom is -0.449 e. The molecule has 1 amide bonds. The van der Waals surface area contributed by atoms with Crippen molar-refractivity contribution in [2.24, 2.45) is 0 Å². The number of benzene rings is 1. The van der Waals surface area contributed by atoms with E-state index in [1.54, 1.807) is 18.3 Å². The molecule has 0 saturated heterocycles. The summed E-state index contributed by atoms with van der Waals surface area (Å²) in [4.78, 5) is 31.0. The number of thiophene rings is 1. The van der Waals surface area contributed by atoms with Crippen LogP contribution in [-0.2, 0) is 28.9 Å². The predicted octanol–water partition coefficient (Wildman–Crippen LogP) is 3.65. The van der Waals surface area contributed by atoms with E-state index in [9.17, 15) is 9.59 Å². The Balaban J connectivity index is 1.53. The largest absolute Gasteiger partial charge is 0.449 e. The number of aryl methyl sites for hydroxylation is 1. The Morgan fingerprint density at radius 2 is 2.07 bits per heavy atom. The summed E-state index contributed by atoms with van der Waals surface area (Å²) in [5, 5.41) is 5.56. The Labute approximate surface area is 161 Å². The lowest BCUT2D eigenvalue weighted by Crippen LogP contribution is -2.35. The van der Waals surface area contributed by atoms with E-state index in [1.165, 1.54) is 0 Å². The van der Waals surface area contributed by atoms with Crippen LogP contribution in [0.25, 0.3) is 10.9 Å². The maximum Gasteiger partial charge on any atom is 0.339 e. The number of carbonyl (C=O) groups excluding carboxylic acids is 2. The van der Waals surface area contributed by atoms with Crippen molar-refractivity contribution >= 4 is 34.1 Å². The van der Waals surface area contributed by atoms with E-state index in [0.717, 1.165) is 46.3 Å². The summed E-state index contributed by atoms with van der Waals surface area (Å²) in [6.07, 6.45) is 1.81. The summed E-state index contributed by atoms with van der Waals surface area (Å²) in [6.45, 7) is 2.04. The highest BCUT2D eigenvalue weighted by Gasteiger charge is 2.27. The van der Waals surface area contributed by atoms with Gasteiger partial charge in [-0.05, 0) is 49.3 Å². The highest BCUT2D eigenvalue weighted by atomic mass is 32.1. The molecule has 1 aliphatic carbocycles. The molecule has 3 aromatic rings. The second-order valence-electron chi connectivity index (χ2n) is 6.63. The second-order valence-corrected chi connectivity index (χ2v) is 7.66. The van der Waals surface area contributed by atoms with E-state index in [2.05, 4.69) is 10.3 Å². The third kappa shape index (κ3) is 3.57. The van der Waals surface area contributed by atoms with Crippen LogP contribution in [0.4, 0.5) is 0 Å². The number of hydrogen-bond acceptors (Lipinski definition) is 5. The average molecular weight is 380 g/mol. The SMILES string of the molecule is CC(OC(=O)c1c2c(nc3ccccc13)CCC2)C(=O)NCc1cccs1. The number of fused-ring (bicyclic) bond motifs is 2. The molecule has 0 aliphatic heterocycles. The van der Waals surface area contributed by atoms with Crippen molar-refractivity contribution in [1.29, 1.82) is 0 Å². The second kappa shape index (κ2) is 7.48. The van der Waals surface area contributed by atoms with Gasteiger partial charge in [0.25, 0.3) is 5.91 Å². The Morgan fingerprint density at radius 3 is 2.89 bits per heavy atom. The molecule has 0 bridgehead atoms. The lowest BCUT2D eigenvalue weighted by atomic mass is 10.0. The fraction of sp³-hybridized carbons (Fsp3) is 0.286. The molecule has 0 radical (unpaired) electrons. The molecule has 5 nitrogen and oxygen atoms in total. The number of hydrogen-bond donors (Lipinski definition) is 1. The van der Waals surface area contributed by atoms with Gasteiger partial charge in [0.1, 0.15) is 0 Å². The Morgan fingerprint density at radius 1 is 1.22 bits per heavy atom. The molecule has 6 heteroatoms. The van der Waals surface area contributed by atoms with Crippen LogP contribution >= 0.6 is 11.3 Å². The quantitative estimate of drug-likeness (QED) is 0.686. The first-order chi connectivity index (χ1) is 13.1. The third-order valence-electron chi connectivity index (χ3n) is 4.79. The number of nitrogens with one attached hydrogen (secondary N) is 1. The van der Waals surface area contributed by atoms with Gasteiger partial charge in [-0.2, -0.15) is 0 Å². The molecular weight excluding hydrogens is 360 g/mol. The van der Waals surface area contributed by atoms with Crippen molar-refractivity contribution in [2.45, 2.75) is 38.8 Å². The summed E-state index contributed by atoms with van der Waals surface area (Å²) < 4.78 is 5.53. The molecule has 1 aromatic carbocycles. The minimum atomic E-state index is -0.860. The highest BCUT2D eigenvalue weighted by molar-refractivity contribution is 7.09. The van der Waals surface area contributed by atoms with Gasteiger partial charge in [0.05, 0.1) is 17.6 Å². The lowest BCUT2D eigenvalue weighted by molar-refractivity contribution is -0.129. The highest BCUT2D eigenvalue weighted by Crippen LogP contribution is 2.30.